The molecule has 78 valence electrons. The summed E-state index contributed by atoms with van der Waals surface area (Å²) in [5, 5.41) is 6.92. The molecule has 0 atom stereocenters. The van der Waals surface area contributed by atoms with Gasteiger partial charge in [-0.1, -0.05) is 0 Å². The molecule has 0 saturated carbocycles. The van der Waals surface area contributed by atoms with Crippen molar-refractivity contribution in [3.05, 3.63) is 38.5 Å². The van der Waals surface area contributed by atoms with E-state index in [9.17, 15) is 4.79 Å². The van der Waals surface area contributed by atoms with E-state index in [-0.39, 0.29) is 5.78 Å². The lowest BCUT2D eigenvalue weighted by atomic mass is 10.1. The number of aryl methyl sites for hydroxylation is 1. The van der Waals surface area contributed by atoms with Gasteiger partial charge in [0.15, 0.2) is 0 Å². The monoisotopic (exact) mass is 237 g/mol. The zero-order chi connectivity index (χ0) is 10.7. The Hall–Kier alpha value is -1.00. The van der Waals surface area contributed by atoms with Crippen LogP contribution < -0.4 is 0 Å². The van der Waals surface area contributed by atoms with Crippen LogP contribution in [0.1, 0.15) is 16.3 Å². The lowest BCUT2D eigenvalue weighted by Crippen LogP contribution is -2.05. The van der Waals surface area contributed by atoms with Gasteiger partial charge in [-0.2, -0.15) is 11.3 Å². The van der Waals surface area contributed by atoms with Crippen molar-refractivity contribution in [3.8, 4) is 0 Å². The van der Waals surface area contributed by atoms with Gasteiger partial charge in [-0.05, 0) is 29.3 Å². The van der Waals surface area contributed by atoms with Crippen molar-refractivity contribution < 1.29 is 4.79 Å². The van der Waals surface area contributed by atoms with Crippen LogP contribution in [0.5, 0.6) is 0 Å². The number of hydrogen-bond acceptors (Lipinski definition) is 4. The van der Waals surface area contributed by atoms with E-state index in [0.29, 0.717) is 12.8 Å². The highest BCUT2D eigenvalue weighted by Crippen LogP contribution is 2.12. The number of carbonyl (C=O) groups is 1. The van der Waals surface area contributed by atoms with Crippen LogP contribution >= 0.6 is 22.7 Å². The van der Waals surface area contributed by atoms with Crippen LogP contribution in [0, 0.1) is 6.92 Å². The number of thiophene rings is 1. The molecule has 15 heavy (non-hydrogen) atoms. The molecule has 2 aromatic rings. The zero-order valence-electron chi connectivity index (χ0n) is 8.40. The number of nitrogens with zero attached hydrogens (tertiary/aromatic N) is 1. The average Bonchev–Trinajstić information content (AvgIpc) is 2.77. The fourth-order valence-electron chi connectivity index (χ4n) is 1.34. The molecule has 0 amide bonds. The van der Waals surface area contributed by atoms with E-state index in [0.717, 1.165) is 16.3 Å². The van der Waals surface area contributed by atoms with Crippen LogP contribution in [0.15, 0.2) is 22.2 Å². The Morgan fingerprint density at radius 3 is 2.87 bits per heavy atom. The first kappa shape index (κ1) is 10.5. The quantitative estimate of drug-likeness (QED) is 0.818. The fourth-order valence-corrected chi connectivity index (χ4v) is 2.80. The van der Waals surface area contributed by atoms with Crippen molar-refractivity contribution >= 4 is 28.5 Å². The van der Waals surface area contributed by atoms with Crippen molar-refractivity contribution in [2.45, 2.75) is 19.8 Å². The largest absolute Gasteiger partial charge is 0.299 e. The molecule has 0 unspecified atom stereocenters. The third-order valence-electron chi connectivity index (χ3n) is 2.00. The van der Waals surface area contributed by atoms with Gasteiger partial charge in [-0.3, -0.25) is 4.79 Å². The molecule has 2 nitrogen and oxygen atoms in total. The summed E-state index contributed by atoms with van der Waals surface area (Å²) in [6.45, 7) is 1.95. The Balaban J connectivity index is 1.93. The lowest BCUT2D eigenvalue weighted by molar-refractivity contribution is -0.117. The molecule has 4 heteroatoms. The van der Waals surface area contributed by atoms with Gasteiger partial charge in [0.05, 0.1) is 6.42 Å². The van der Waals surface area contributed by atoms with E-state index in [1.807, 2.05) is 29.1 Å². The molecule has 0 radical (unpaired) electrons. The molecule has 0 aliphatic heterocycles. The summed E-state index contributed by atoms with van der Waals surface area (Å²) in [5.41, 5.74) is 2.11. The van der Waals surface area contributed by atoms with E-state index < -0.39 is 0 Å². The summed E-state index contributed by atoms with van der Waals surface area (Å²) in [5.74, 6) is 0.239. The normalized spacial score (nSPS) is 10.5. The second-order valence-electron chi connectivity index (χ2n) is 3.41. The van der Waals surface area contributed by atoms with E-state index in [2.05, 4.69) is 4.98 Å². The zero-order valence-corrected chi connectivity index (χ0v) is 10.0. The Morgan fingerprint density at radius 2 is 2.27 bits per heavy atom. The first-order valence-corrected chi connectivity index (χ1v) is 6.50. The van der Waals surface area contributed by atoms with Crippen molar-refractivity contribution in [2.24, 2.45) is 0 Å². The van der Waals surface area contributed by atoms with Crippen LogP contribution in [-0.4, -0.2) is 10.8 Å². The minimum Gasteiger partial charge on any atom is -0.299 e. The molecule has 0 aliphatic rings. The van der Waals surface area contributed by atoms with E-state index in [1.165, 1.54) is 0 Å². The second kappa shape index (κ2) is 4.68. The molecule has 2 heterocycles. The first-order valence-electron chi connectivity index (χ1n) is 4.68. The summed E-state index contributed by atoms with van der Waals surface area (Å²) in [6, 6.07) is 2.00. The summed E-state index contributed by atoms with van der Waals surface area (Å²) < 4.78 is 0. The highest BCUT2D eigenvalue weighted by atomic mass is 32.1. The van der Waals surface area contributed by atoms with E-state index in [4.69, 9.17) is 0 Å². The SMILES string of the molecule is Cc1csc(CC(=O)Cc2ccsc2)n1. The average molecular weight is 237 g/mol. The summed E-state index contributed by atoms with van der Waals surface area (Å²) in [6.07, 6.45) is 0.997. The molecule has 0 aromatic carbocycles. The molecule has 2 rings (SSSR count). The maximum absolute atomic E-state index is 11.7. The van der Waals surface area contributed by atoms with Gasteiger partial charge in [-0.25, -0.2) is 4.98 Å². The Kier molecular flexibility index (Phi) is 3.28. The fraction of sp³-hybridized carbons (Fsp3) is 0.273. The maximum Gasteiger partial charge on any atom is 0.144 e. The van der Waals surface area contributed by atoms with Crippen LogP contribution in [0.4, 0.5) is 0 Å². The van der Waals surface area contributed by atoms with Gasteiger partial charge < -0.3 is 0 Å². The van der Waals surface area contributed by atoms with Gasteiger partial charge >= 0.3 is 0 Å². The maximum atomic E-state index is 11.7. The smallest absolute Gasteiger partial charge is 0.144 e. The second-order valence-corrected chi connectivity index (χ2v) is 5.13. The Morgan fingerprint density at radius 1 is 1.40 bits per heavy atom. The number of Topliss-reactive ketones (excluding diaryl/α,β-unsaturated/α-hetero) is 1. The van der Waals surface area contributed by atoms with Crippen molar-refractivity contribution in [1.82, 2.24) is 4.98 Å². The highest BCUT2D eigenvalue weighted by molar-refractivity contribution is 7.09. The number of carbonyl (C=O) groups excluding carboxylic acids is 1. The number of aromatic nitrogens is 1. The molecule has 0 N–H and O–H groups in total. The minimum absolute atomic E-state index is 0.239. The number of hydrogen-bond donors (Lipinski definition) is 0. The minimum atomic E-state index is 0.239. The molecule has 0 aliphatic carbocycles. The highest BCUT2D eigenvalue weighted by Gasteiger charge is 2.07. The van der Waals surface area contributed by atoms with Gasteiger partial charge in [-0.15, -0.1) is 11.3 Å². The van der Waals surface area contributed by atoms with Gasteiger partial charge in [0.2, 0.25) is 0 Å². The summed E-state index contributed by atoms with van der Waals surface area (Å²) in [7, 11) is 0. The first-order chi connectivity index (χ1) is 7.24. The predicted octanol–water partition coefficient (Wildman–Crippen LogP) is 2.87. The molecule has 0 bridgehead atoms. The van der Waals surface area contributed by atoms with Crippen molar-refractivity contribution in [3.63, 3.8) is 0 Å². The Bertz CT molecular complexity index is 445. The van der Waals surface area contributed by atoms with Crippen LogP contribution in [0.25, 0.3) is 0 Å². The third-order valence-corrected chi connectivity index (χ3v) is 3.70. The van der Waals surface area contributed by atoms with Crippen molar-refractivity contribution in [2.75, 3.05) is 0 Å². The lowest BCUT2D eigenvalue weighted by Gasteiger charge is -1.95. The topological polar surface area (TPSA) is 30.0 Å². The summed E-state index contributed by atoms with van der Waals surface area (Å²) in [4.78, 5) is 15.9. The summed E-state index contributed by atoms with van der Waals surface area (Å²) >= 11 is 3.19. The van der Waals surface area contributed by atoms with Gasteiger partial charge in [0.1, 0.15) is 10.8 Å². The molecular formula is C11H11NOS2. The molecule has 0 saturated heterocycles. The predicted molar refractivity (Wildman–Crippen MR) is 63.6 cm³/mol. The van der Waals surface area contributed by atoms with Crippen LogP contribution in [0.3, 0.4) is 0 Å². The molecule has 0 fully saturated rings. The molecular weight excluding hydrogens is 226 g/mol. The standard InChI is InChI=1S/C11H11NOS2/c1-8-6-15-11(12-8)5-10(13)4-9-2-3-14-7-9/h2-3,6-7H,4-5H2,1H3. The van der Waals surface area contributed by atoms with E-state index >= 15 is 0 Å². The molecule has 2 aromatic heterocycles. The number of ketones is 1. The van der Waals surface area contributed by atoms with Gasteiger partial charge in [0, 0.05) is 17.5 Å². The van der Waals surface area contributed by atoms with Crippen molar-refractivity contribution in [1.29, 1.82) is 0 Å². The third kappa shape index (κ3) is 2.97. The number of rotatable bonds is 4. The van der Waals surface area contributed by atoms with Crippen LogP contribution in [-0.2, 0) is 17.6 Å². The molecule has 0 spiro atoms. The van der Waals surface area contributed by atoms with Crippen LogP contribution in [0.2, 0.25) is 0 Å². The number of thiazole rings is 1. The van der Waals surface area contributed by atoms with Gasteiger partial charge in [0.25, 0.3) is 0 Å². The Labute approximate surface area is 96.6 Å². The van der Waals surface area contributed by atoms with E-state index in [1.54, 1.807) is 22.7 Å².